The molecule has 0 atom stereocenters. The average Bonchev–Trinajstić information content (AvgIpc) is 2.49. The summed E-state index contributed by atoms with van der Waals surface area (Å²) in [6.45, 7) is 2.71. The molecule has 0 N–H and O–H groups in total. The van der Waals surface area contributed by atoms with Gasteiger partial charge < -0.3 is 4.74 Å². The number of ether oxygens (including phenoxy) is 1. The van der Waals surface area contributed by atoms with Gasteiger partial charge in [0.15, 0.2) is 0 Å². The molecule has 100 valence electrons. The van der Waals surface area contributed by atoms with Crippen molar-refractivity contribution in [2.24, 2.45) is 0 Å². The van der Waals surface area contributed by atoms with E-state index in [-0.39, 0.29) is 0 Å². The summed E-state index contributed by atoms with van der Waals surface area (Å²) >= 11 is 0. The number of fused-ring (bicyclic) bond motifs is 1. The van der Waals surface area contributed by atoms with E-state index in [9.17, 15) is 0 Å². The second-order valence-corrected chi connectivity index (χ2v) is 4.78. The standard InChI is InChI=1S/C17H16N2O/c1-13-6-8-14(9-7-13)10-11-20-17-15-4-2-3-5-16(15)18-12-19-17/h2-9,12H,10-11H2,1H3. The zero-order chi connectivity index (χ0) is 13.8. The van der Waals surface area contributed by atoms with E-state index >= 15 is 0 Å². The zero-order valence-corrected chi connectivity index (χ0v) is 11.4. The Kier molecular flexibility index (Phi) is 3.59. The van der Waals surface area contributed by atoms with Crippen molar-refractivity contribution in [3.05, 3.63) is 66.0 Å². The number of aryl methyl sites for hydroxylation is 1. The van der Waals surface area contributed by atoms with Crippen molar-refractivity contribution in [1.82, 2.24) is 9.97 Å². The molecule has 1 heterocycles. The molecule has 1 aromatic heterocycles. The smallest absolute Gasteiger partial charge is 0.224 e. The van der Waals surface area contributed by atoms with E-state index in [0.29, 0.717) is 12.5 Å². The maximum absolute atomic E-state index is 5.80. The summed E-state index contributed by atoms with van der Waals surface area (Å²) < 4.78 is 5.80. The summed E-state index contributed by atoms with van der Waals surface area (Å²) in [6, 6.07) is 16.4. The highest BCUT2D eigenvalue weighted by Crippen LogP contribution is 2.20. The summed E-state index contributed by atoms with van der Waals surface area (Å²) in [7, 11) is 0. The van der Waals surface area contributed by atoms with E-state index in [4.69, 9.17) is 4.74 Å². The van der Waals surface area contributed by atoms with Crippen molar-refractivity contribution >= 4 is 10.9 Å². The van der Waals surface area contributed by atoms with Crippen LogP contribution in [-0.2, 0) is 6.42 Å². The Morgan fingerprint density at radius 1 is 0.950 bits per heavy atom. The van der Waals surface area contributed by atoms with Gasteiger partial charge in [-0.05, 0) is 24.6 Å². The van der Waals surface area contributed by atoms with Gasteiger partial charge in [0, 0.05) is 6.42 Å². The van der Waals surface area contributed by atoms with Gasteiger partial charge in [-0.2, -0.15) is 0 Å². The average molecular weight is 264 g/mol. The van der Waals surface area contributed by atoms with E-state index in [2.05, 4.69) is 41.2 Å². The summed E-state index contributed by atoms with van der Waals surface area (Å²) in [5, 5.41) is 0.957. The Hall–Kier alpha value is -2.42. The minimum atomic E-state index is 0.615. The topological polar surface area (TPSA) is 35.0 Å². The van der Waals surface area contributed by atoms with E-state index in [1.807, 2.05) is 24.3 Å². The highest BCUT2D eigenvalue weighted by molar-refractivity contribution is 5.82. The van der Waals surface area contributed by atoms with Gasteiger partial charge in [-0.3, -0.25) is 0 Å². The molecule has 0 saturated carbocycles. The fourth-order valence-electron chi connectivity index (χ4n) is 2.12. The van der Waals surface area contributed by atoms with Crippen LogP contribution in [0.2, 0.25) is 0 Å². The second-order valence-electron chi connectivity index (χ2n) is 4.78. The van der Waals surface area contributed by atoms with E-state index in [1.54, 1.807) is 6.33 Å². The number of nitrogens with zero attached hydrogens (tertiary/aromatic N) is 2. The van der Waals surface area contributed by atoms with Gasteiger partial charge in [-0.15, -0.1) is 0 Å². The van der Waals surface area contributed by atoms with Crippen molar-refractivity contribution in [2.75, 3.05) is 6.61 Å². The van der Waals surface area contributed by atoms with Gasteiger partial charge in [0.1, 0.15) is 6.33 Å². The molecule has 2 aromatic carbocycles. The first-order chi connectivity index (χ1) is 9.83. The number of para-hydroxylation sites is 1. The van der Waals surface area contributed by atoms with Crippen LogP contribution in [0.15, 0.2) is 54.9 Å². The maximum Gasteiger partial charge on any atom is 0.224 e. The molecule has 3 heteroatoms. The third-order valence-corrected chi connectivity index (χ3v) is 3.26. The third-order valence-electron chi connectivity index (χ3n) is 3.26. The number of hydrogen-bond acceptors (Lipinski definition) is 3. The van der Waals surface area contributed by atoms with E-state index < -0.39 is 0 Å². The molecule has 0 aliphatic heterocycles. The van der Waals surface area contributed by atoms with Crippen molar-refractivity contribution in [2.45, 2.75) is 13.3 Å². The van der Waals surface area contributed by atoms with Crippen LogP contribution in [0.4, 0.5) is 0 Å². The van der Waals surface area contributed by atoms with Crippen LogP contribution in [0.5, 0.6) is 5.88 Å². The highest BCUT2D eigenvalue weighted by atomic mass is 16.5. The molecule has 20 heavy (non-hydrogen) atoms. The van der Waals surface area contributed by atoms with Crippen molar-refractivity contribution < 1.29 is 4.74 Å². The maximum atomic E-state index is 5.80. The van der Waals surface area contributed by atoms with Crippen LogP contribution in [0.25, 0.3) is 10.9 Å². The quantitative estimate of drug-likeness (QED) is 0.722. The second kappa shape index (κ2) is 5.70. The van der Waals surface area contributed by atoms with Crippen molar-refractivity contribution in [1.29, 1.82) is 0 Å². The van der Waals surface area contributed by atoms with E-state index in [0.717, 1.165) is 17.3 Å². The van der Waals surface area contributed by atoms with Crippen molar-refractivity contribution in [3.63, 3.8) is 0 Å². The van der Waals surface area contributed by atoms with Crippen LogP contribution in [-0.4, -0.2) is 16.6 Å². The largest absolute Gasteiger partial charge is 0.477 e. The minimum Gasteiger partial charge on any atom is -0.477 e. The molecular formula is C17H16N2O. The predicted molar refractivity (Wildman–Crippen MR) is 79.9 cm³/mol. The molecule has 3 nitrogen and oxygen atoms in total. The molecule has 0 fully saturated rings. The van der Waals surface area contributed by atoms with Gasteiger partial charge in [0.25, 0.3) is 0 Å². The Morgan fingerprint density at radius 2 is 1.75 bits per heavy atom. The van der Waals surface area contributed by atoms with Gasteiger partial charge in [0.05, 0.1) is 17.5 Å². The fourth-order valence-corrected chi connectivity index (χ4v) is 2.12. The Morgan fingerprint density at radius 3 is 2.60 bits per heavy atom. The number of aromatic nitrogens is 2. The summed E-state index contributed by atoms with van der Waals surface area (Å²) in [6.07, 6.45) is 2.42. The highest BCUT2D eigenvalue weighted by Gasteiger charge is 2.03. The van der Waals surface area contributed by atoms with Crippen molar-refractivity contribution in [3.8, 4) is 5.88 Å². The lowest BCUT2D eigenvalue weighted by molar-refractivity contribution is 0.313. The summed E-state index contributed by atoms with van der Waals surface area (Å²) in [5.41, 5.74) is 3.46. The molecule has 0 unspecified atom stereocenters. The Labute approximate surface area is 118 Å². The number of hydrogen-bond donors (Lipinski definition) is 0. The fraction of sp³-hybridized carbons (Fsp3) is 0.176. The van der Waals surface area contributed by atoms with Crippen LogP contribution in [0.3, 0.4) is 0 Å². The van der Waals surface area contributed by atoms with E-state index in [1.165, 1.54) is 11.1 Å². The summed E-state index contributed by atoms with van der Waals surface area (Å²) in [4.78, 5) is 8.45. The molecular weight excluding hydrogens is 248 g/mol. The Bertz CT molecular complexity index is 702. The lowest BCUT2D eigenvalue weighted by atomic mass is 10.1. The number of rotatable bonds is 4. The molecule has 0 saturated heterocycles. The summed E-state index contributed by atoms with van der Waals surface area (Å²) in [5.74, 6) is 0.655. The van der Waals surface area contributed by atoms with Gasteiger partial charge in [-0.1, -0.05) is 42.0 Å². The van der Waals surface area contributed by atoms with Crippen LogP contribution in [0, 0.1) is 6.92 Å². The third kappa shape index (κ3) is 2.77. The first kappa shape index (κ1) is 12.6. The van der Waals surface area contributed by atoms with Crippen LogP contribution < -0.4 is 4.74 Å². The van der Waals surface area contributed by atoms with Crippen LogP contribution in [0.1, 0.15) is 11.1 Å². The zero-order valence-electron chi connectivity index (χ0n) is 11.4. The first-order valence-corrected chi connectivity index (χ1v) is 6.71. The normalized spacial score (nSPS) is 10.7. The van der Waals surface area contributed by atoms with Gasteiger partial charge >= 0.3 is 0 Å². The van der Waals surface area contributed by atoms with Gasteiger partial charge in [-0.25, -0.2) is 9.97 Å². The Balaban J connectivity index is 1.69. The molecule has 0 spiro atoms. The first-order valence-electron chi connectivity index (χ1n) is 6.71. The molecule has 0 bridgehead atoms. The lowest BCUT2D eigenvalue weighted by Gasteiger charge is -2.07. The molecule has 3 rings (SSSR count). The van der Waals surface area contributed by atoms with Crippen LogP contribution >= 0.6 is 0 Å². The molecule has 0 radical (unpaired) electrons. The number of benzene rings is 2. The minimum absolute atomic E-state index is 0.615. The lowest BCUT2D eigenvalue weighted by Crippen LogP contribution is -2.03. The van der Waals surface area contributed by atoms with Gasteiger partial charge in [0.2, 0.25) is 5.88 Å². The molecule has 0 aliphatic carbocycles. The molecule has 3 aromatic rings. The molecule has 0 amide bonds. The predicted octanol–water partition coefficient (Wildman–Crippen LogP) is 3.56. The molecule has 0 aliphatic rings. The SMILES string of the molecule is Cc1ccc(CCOc2ncnc3ccccc23)cc1. The monoisotopic (exact) mass is 264 g/mol.